The van der Waals surface area contributed by atoms with E-state index in [-0.39, 0.29) is 17.8 Å². The van der Waals surface area contributed by atoms with E-state index in [9.17, 15) is 4.79 Å². The first-order valence-electron chi connectivity index (χ1n) is 4.78. The Labute approximate surface area is 103 Å². The Morgan fingerprint density at radius 3 is 2.53 bits per heavy atom. The van der Waals surface area contributed by atoms with Gasteiger partial charge in [0.15, 0.2) is 0 Å². The van der Waals surface area contributed by atoms with Gasteiger partial charge in [0.25, 0.3) is 0 Å². The summed E-state index contributed by atoms with van der Waals surface area (Å²) in [6, 6.07) is 7.96. The molecule has 1 amide bonds. The van der Waals surface area contributed by atoms with E-state index in [0.29, 0.717) is 0 Å². The van der Waals surface area contributed by atoms with Gasteiger partial charge in [0, 0.05) is 4.47 Å². The zero-order chi connectivity index (χ0) is 11.3. The molecule has 0 aliphatic rings. The lowest BCUT2D eigenvalue weighted by Gasteiger charge is -2.16. The van der Waals surface area contributed by atoms with Crippen molar-refractivity contribution in [3.05, 3.63) is 34.3 Å². The maximum Gasteiger partial charge on any atom is 0.235 e. The number of amides is 1. The highest BCUT2D eigenvalue weighted by atomic mass is 79.9. The normalized spacial score (nSPS) is 12.2. The van der Waals surface area contributed by atoms with Crippen LogP contribution in [0.3, 0.4) is 0 Å². The Balaban J connectivity index is 2.74. The van der Waals surface area contributed by atoms with Crippen molar-refractivity contribution in [2.75, 3.05) is 5.88 Å². The Morgan fingerprint density at radius 1 is 1.47 bits per heavy atom. The molecule has 0 aromatic heterocycles. The van der Waals surface area contributed by atoms with Crippen molar-refractivity contribution in [1.82, 2.24) is 5.32 Å². The van der Waals surface area contributed by atoms with Crippen molar-refractivity contribution in [2.45, 2.75) is 19.4 Å². The van der Waals surface area contributed by atoms with Gasteiger partial charge in [-0.15, -0.1) is 11.6 Å². The largest absolute Gasteiger partial charge is 0.348 e. The Morgan fingerprint density at radius 2 is 2.07 bits per heavy atom. The van der Waals surface area contributed by atoms with Crippen LogP contribution in [0.15, 0.2) is 28.7 Å². The number of rotatable bonds is 4. The summed E-state index contributed by atoms with van der Waals surface area (Å²) in [5.41, 5.74) is 1.10. The fourth-order valence-corrected chi connectivity index (χ4v) is 1.69. The molecule has 0 bridgehead atoms. The topological polar surface area (TPSA) is 29.1 Å². The summed E-state index contributed by atoms with van der Waals surface area (Å²) in [5, 5.41) is 2.87. The first-order chi connectivity index (χ1) is 7.17. The molecule has 0 heterocycles. The molecule has 1 N–H and O–H groups in total. The van der Waals surface area contributed by atoms with E-state index in [1.54, 1.807) is 0 Å². The van der Waals surface area contributed by atoms with E-state index in [0.717, 1.165) is 16.5 Å². The van der Waals surface area contributed by atoms with E-state index in [4.69, 9.17) is 11.6 Å². The molecule has 0 aliphatic carbocycles. The fourth-order valence-electron chi connectivity index (χ4n) is 1.35. The van der Waals surface area contributed by atoms with Gasteiger partial charge in [0.1, 0.15) is 5.88 Å². The van der Waals surface area contributed by atoms with Crippen LogP contribution in [0.25, 0.3) is 0 Å². The van der Waals surface area contributed by atoms with E-state index < -0.39 is 0 Å². The van der Waals surface area contributed by atoms with E-state index >= 15 is 0 Å². The lowest BCUT2D eigenvalue weighted by atomic mass is 10.0. The molecular weight excluding hydrogens is 277 g/mol. The van der Waals surface area contributed by atoms with Gasteiger partial charge in [0.05, 0.1) is 6.04 Å². The zero-order valence-electron chi connectivity index (χ0n) is 8.47. The molecule has 15 heavy (non-hydrogen) atoms. The standard InChI is InChI=1S/C11H13BrClNO/c1-2-10(14-11(15)7-13)8-3-5-9(12)6-4-8/h3-6,10H,2,7H2,1H3,(H,14,15)/t10-/m0/s1. The molecule has 2 nitrogen and oxygen atoms in total. The van der Waals surface area contributed by atoms with Gasteiger partial charge in [-0.2, -0.15) is 0 Å². The quantitative estimate of drug-likeness (QED) is 0.847. The Hall–Kier alpha value is -0.540. The average Bonchev–Trinajstić information content (AvgIpc) is 2.27. The molecule has 4 heteroatoms. The third kappa shape index (κ3) is 3.84. The minimum atomic E-state index is -0.133. The van der Waals surface area contributed by atoms with Crippen LogP contribution in [0.5, 0.6) is 0 Å². The van der Waals surface area contributed by atoms with Gasteiger partial charge in [0.2, 0.25) is 5.91 Å². The summed E-state index contributed by atoms with van der Waals surface area (Å²) in [7, 11) is 0. The summed E-state index contributed by atoms with van der Waals surface area (Å²) in [5.74, 6) is -0.126. The molecule has 0 fully saturated rings. The number of carbonyl (C=O) groups excluding carboxylic acids is 1. The van der Waals surface area contributed by atoms with Gasteiger partial charge >= 0.3 is 0 Å². The van der Waals surface area contributed by atoms with Crippen molar-refractivity contribution in [3.63, 3.8) is 0 Å². The minimum absolute atomic E-state index is 0.00697. The van der Waals surface area contributed by atoms with Crippen LogP contribution in [0.4, 0.5) is 0 Å². The molecule has 1 aromatic carbocycles. The highest BCUT2D eigenvalue weighted by Crippen LogP contribution is 2.19. The van der Waals surface area contributed by atoms with Gasteiger partial charge in [-0.05, 0) is 24.1 Å². The fraction of sp³-hybridized carbons (Fsp3) is 0.364. The Kier molecular flexibility index (Phi) is 5.12. The minimum Gasteiger partial charge on any atom is -0.348 e. The van der Waals surface area contributed by atoms with Crippen LogP contribution >= 0.6 is 27.5 Å². The first kappa shape index (κ1) is 12.5. The number of halogens is 2. The van der Waals surface area contributed by atoms with Crippen LogP contribution in [0.1, 0.15) is 24.9 Å². The van der Waals surface area contributed by atoms with Crippen molar-refractivity contribution < 1.29 is 4.79 Å². The molecule has 0 unspecified atom stereocenters. The van der Waals surface area contributed by atoms with Crippen molar-refractivity contribution >= 4 is 33.4 Å². The number of benzene rings is 1. The monoisotopic (exact) mass is 289 g/mol. The highest BCUT2D eigenvalue weighted by Gasteiger charge is 2.11. The first-order valence-corrected chi connectivity index (χ1v) is 6.11. The van der Waals surface area contributed by atoms with Crippen molar-refractivity contribution in [1.29, 1.82) is 0 Å². The van der Waals surface area contributed by atoms with Crippen LogP contribution in [0.2, 0.25) is 0 Å². The third-order valence-corrected chi connectivity index (χ3v) is 2.91. The summed E-state index contributed by atoms with van der Waals surface area (Å²) >= 11 is 8.82. The predicted octanol–water partition coefficient (Wildman–Crippen LogP) is 3.26. The summed E-state index contributed by atoms with van der Waals surface area (Å²) in [6.07, 6.45) is 0.851. The number of hydrogen-bond donors (Lipinski definition) is 1. The zero-order valence-corrected chi connectivity index (χ0v) is 10.8. The second kappa shape index (κ2) is 6.13. The molecule has 82 valence electrons. The SMILES string of the molecule is CC[C@H](NC(=O)CCl)c1ccc(Br)cc1. The third-order valence-electron chi connectivity index (χ3n) is 2.14. The van der Waals surface area contributed by atoms with Crippen LogP contribution in [-0.2, 0) is 4.79 Å². The molecule has 1 atom stereocenters. The lowest BCUT2D eigenvalue weighted by Crippen LogP contribution is -2.28. The number of alkyl halides is 1. The second-order valence-electron chi connectivity index (χ2n) is 3.21. The Bertz CT molecular complexity index is 326. The van der Waals surface area contributed by atoms with Crippen LogP contribution in [0, 0.1) is 0 Å². The summed E-state index contributed by atoms with van der Waals surface area (Å²) in [4.78, 5) is 11.2. The smallest absolute Gasteiger partial charge is 0.235 e. The van der Waals surface area contributed by atoms with Crippen LogP contribution < -0.4 is 5.32 Å². The number of carbonyl (C=O) groups is 1. The van der Waals surface area contributed by atoms with E-state index in [1.807, 2.05) is 31.2 Å². The molecule has 0 spiro atoms. The summed E-state index contributed by atoms with van der Waals surface area (Å²) < 4.78 is 1.03. The number of nitrogens with one attached hydrogen (secondary N) is 1. The van der Waals surface area contributed by atoms with Crippen molar-refractivity contribution in [3.8, 4) is 0 Å². The molecular formula is C11H13BrClNO. The van der Waals surface area contributed by atoms with Gasteiger partial charge in [-0.3, -0.25) is 4.79 Å². The molecule has 1 rings (SSSR count). The average molecular weight is 291 g/mol. The van der Waals surface area contributed by atoms with Gasteiger partial charge in [-0.1, -0.05) is 35.0 Å². The predicted molar refractivity (Wildman–Crippen MR) is 66.0 cm³/mol. The van der Waals surface area contributed by atoms with Gasteiger partial charge < -0.3 is 5.32 Å². The van der Waals surface area contributed by atoms with E-state index in [2.05, 4.69) is 21.2 Å². The molecule has 0 saturated heterocycles. The molecule has 0 radical (unpaired) electrons. The van der Waals surface area contributed by atoms with Crippen LogP contribution in [-0.4, -0.2) is 11.8 Å². The second-order valence-corrected chi connectivity index (χ2v) is 4.40. The molecule has 1 aromatic rings. The number of hydrogen-bond acceptors (Lipinski definition) is 1. The maximum atomic E-state index is 11.2. The van der Waals surface area contributed by atoms with Crippen molar-refractivity contribution in [2.24, 2.45) is 0 Å². The summed E-state index contributed by atoms with van der Waals surface area (Å²) in [6.45, 7) is 2.03. The van der Waals surface area contributed by atoms with E-state index in [1.165, 1.54) is 0 Å². The van der Waals surface area contributed by atoms with Gasteiger partial charge in [-0.25, -0.2) is 0 Å². The maximum absolute atomic E-state index is 11.2. The highest BCUT2D eigenvalue weighted by molar-refractivity contribution is 9.10. The molecule has 0 aliphatic heterocycles. The molecule has 0 saturated carbocycles. The lowest BCUT2D eigenvalue weighted by molar-refractivity contribution is -0.119.